The summed E-state index contributed by atoms with van der Waals surface area (Å²) in [5.41, 5.74) is 8.82. The molecule has 0 bridgehead atoms. The molecule has 0 unspecified atom stereocenters. The van der Waals surface area contributed by atoms with Gasteiger partial charge in [0, 0.05) is 29.6 Å². The first-order valence-corrected chi connectivity index (χ1v) is 8.15. The number of rotatable bonds is 6. The van der Waals surface area contributed by atoms with Crippen molar-refractivity contribution in [1.29, 1.82) is 5.41 Å². The van der Waals surface area contributed by atoms with Crippen LogP contribution in [0.15, 0.2) is 24.5 Å². The van der Waals surface area contributed by atoms with Crippen LogP contribution in [0.25, 0.3) is 11.1 Å². The second-order valence-corrected chi connectivity index (χ2v) is 6.80. The zero-order valence-corrected chi connectivity index (χ0v) is 15.7. The average molecular weight is 356 g/mol. The number of hydrogen-bond acceptors (Lipinski definition) is 6. The van der Waals surface area contributed by atoms with Gasteiger partial charge in [0.1, 0.15) is 18.1 Å². The number of nitrogens with two attached hydrogens (primary N) is 1. The Balaban J connectivity index is 2.21. The first-order chi connectivity index (χ1) is 12.2. The maximum Gasteiger partial charge on any atom is 0.314 e. The largest absolute Gasteiger partial charge is 0.476 e. The van der Waals surface area contributed by atoms with Crippen molar-refractivity contribution in [3.63, 3.8) is 0 Å². The summed E-state index contributed by atoms with van der Waals surface area (Å²) in [4.78, 5) is 20.3. The second kappa shape index (κ2) is 7.51. The van der Waals surface area contributed by atoms with Gasteiger partial charge in [-0.2, -0.15) is 0 Å². The summed E-state index contributed by atoms with van der Waals surface area (Å²) in [6, 6.07) is 3.74. The minimum Gasteiger partial charge on any atom is -0.476 e. The molecule has 138 valence electrons. The van der Waals surface area contributed by atoms with Crippen molar-refractivity contribution in [2.75, 3.05) is 13.7 Å². The minimum atomic E-state index is -0.757. The Hall–Kier alpha value is -2.96. The van der Waals surface area contributed by atoms with Crippen molar-refractivity contribution in [3.05, 3.63) is 41.3 Å². The topological polar surface area (TPSA) is 111 Å². The van der Waals surface area contributed by atoms with Gasteiger partial charge in [-0.15, -0.1) is 0 Å². The van der Waals surface area contributed by atoms with Gasteiger partial charge in [-0.1, -0.05) is 0 Å². The molecule has 2 aromatic rings. The summed E-state index contributed by atoms with van der Waals surface area (Å²) in [5, 5.41) is 7.52. The SMILES string of the molecule is COC(=O)C(C)(C)COc1cc(C)c(-c2cnc(C(=N)N)c(C)c2)cn1. The van der Waals surface area contributed by atoms with Crippen molar-refractivity contribution in [2.45, 2.75) is 27.7 Å². The monoisotopic (exact) mass is 356 g/mol. The normalized spacial score (nSPS) is 11.1. The quantitative estimate of drug-likeness (QED) is 0.467. The molecule has 0 aliphatic rings. The highest BCUT2D eigenvalue weighted by molar-refractivity contribution is 5.94. The van der Waals surface area contributed by atoms with Gasteiger partial charge in [0.05, 0.1) is 12.5 Å². The molecule has 0 aliphatic heterocycles. The summed E-state index contributed by atoms with van der Waals surface area (Å²) in [6.07, 6.45) is 3.38. The van der Waals surface area contributed by atoms with Crippen LogP contribution in [0.3, 0.4) is 0 Å². The van der Waals surface area contributed by atoms with Gasteiger partial charge in [0.15, 0.2) is 0 Å². The smallest absolute Gasteiger partial charge is 0.314 e. The molecule has 0 saturated heterocycles. The van der Waals surface area contributed by atoms with Crippen molar-refractivity contribution < 1.29 is 14.3 Å². The number of carbonyl (C=O) groups is 1. The maximum absolute atomic E-state index is 11.7. The van der Waals surface area contributed by atoms with E-state index in [4.69, 9.17) is 20.6 Å². The summed E-state index contributed by atoms with van der Waals surface area (Å²) in [5.74, 6) is 0.0482. The number of esters is 1. The fraction of sp³-hybridized carbons (Fsp3) is 0.368. The third-order valence-electron chi connectivity index (χ3n) is 4.05. The highest BCUT2D eigenvalue weighted by Gasteiger charge is 2.30. The van der Waals surface area contributed by atoms with E-state index in [0.29, 0.717) is 11.6 Å². The number of amidine groups is 1. The Labute approximate surface area is 153 Å². The van der Waals surface area contributed by atoms with Crippen molar-refractivity contribution in [1.82, 2.24) is 9.97 Å². The van der Waals surface area contributed by atoms with Gasteiger partial charge < -0.3 is 15.2 Å². The number of pyridine rings is 2. The maximum atomic E-state index is 11.7. The van der Waals surface area contributed by atoms with Gasteiger partial charge in [-0.05, 0) is 44.9 Å². The van der Waals surface area contributed by atoms with Gasteiger partial charge in [0.2, 0.25) is 5.88 Å². The molecule has 7 heteroatoms. The Kier molecular flexibility index (Phi) is 5.59. The number of aryl methyl sites for hydroxylation is 2. The number of hydrogen-bond donors (Lipinski definition) is 2. The van der Waals surface area contributed by atoms with E-state index in [2.05, 4.69) is 9.97 Å². The zero-order chi connectivity index (χ0) is 19.5. The number of nitrogen functional groups attached to an aromatic ring is 1. The molecule has 0 fully saturated rings. The van der Waals surface area contributed by atoms with Gasteiger partial charge in [0.25, 0.3) is 0 Å². The summed E-state index contributed by atoms with van der Waals surface area (Å²) < 4.78 is 10.4. The van der Waals surface area contributed by atoms with E-state index < -0.39 is 5.41 Å². The molecule has 0 aliphatic carbocycles. The summed E-state index contributed by atoms with van der Waals surface area (Å²) in [7, 11) is 1.36. The summed E-state index contributed by atoms with van der Waals surface area (Å²) in [6.45, 7) is 7.49. The van der Waals surface area contributed by atoms with Crippen molar-refractivity contribution in [2.24, 2.45) is 11.1 Å². The Bertz CT molecular complexity index is 847. The lowest BCUT2D eigenvalue weighted by atomic mass is 9.95. The molecule has 0 amide bonds. The fourth-order valence-corrected chi connectivity index (χ4v) is 2.50. The van der Waals surface area contributed by atoms with E-state index in [0.717, 1.165) is 22.3 Å². The minimum absolute atomic E-state index is 0.0548. The molecule has 0 spiro atoms. The second-order valence-electron chi connectivity index (χ2n) is 6.80. The Morgan fingerprint density at radius 2 is 1.88 bits per heavy atom. The van der Waals surface area contributed by atoms with Crippen LogP contribution in [0.4, 0.5) is 0 Å². The van der Waals surface area contributed by atoms with Crippen LogP contribution in [-0.4, -0.2) is 35.5 Å². The van der Waals surface area contributed by atoms with E-state index in [1.807, 2.05) is 26.0 Å². The molecule has 7 nitrogen and oxygen atoms in total. The average Bonchev–Trinajstić information content (AvgIpc) is 2.58. The van der Waals surface area contributed by atoms with Crippen LogP contribution < -0.4 is 10.5 Å². The highest BCUT2D eigenvalue weighted by atomic mass is 16.5. The molecule has 0 saturated carbocycles. The zero-order valence-electron chi connectivity index (χ0n) is 15.7. The van der Waals surface area contributed by atoms with E-state index in [1.165, 1.54) is 7.11 Å². The summed E-state index contributed by atoms with van der Waals surface area (Å²) >= 11 is 0. The Morgan fingerprint density at radius 3 is 2.42 bits per heavy atom. The third-order valence-corrected chi connectivity index (χ3v) is 4.05. The molecule has 2 heterocycles. The standard InChI is InChI=1S/C19H24N4O3/c1-11-7-15(26-10-19(3,4)18(24)25-5)22-9-14(11)13-6-12(2)16(17(20)21)23-8-13/h6-9H,10H2,1-5H3,(H3,20,21). The number of nitrogens with zero attached hydrogens (tertiary/aromatic N) is 2. The molecule has 3 N–H and O–H groups in total. The van der Waals surface area contributed by atoms with Crippen LogP contribution in [-0.2, 0) is 9.53 Å². The van der Waals surface area contributed by atoms with Gasteiger partial charge in [-0.3, -0.25) is 15.2 Å². The molecule has 0 radical (unpaired) electrons. The lowest BCUT2D eigenvalue weighted by Gasteiger charge is -2.21. The lowest BCUT2D eigenvalue weighted by molar-refractivity contribution is -0.152. The van der Waals surface area contributed by atoms with Crippen LogP contribution in [0.5, 0.6) is 5.88 Å². The van der Waals surface area contributed by atoms with Gasteiger partial charge >= 0.3 is 5.97 Å². The van der Waals surface area contributed by atoms with Crippen LogP contribution in [0.1, 0.15) is 30.7 Å². The lowest BCUT2D eigenvalue weighted by Crippen LogP contribution is -2.32. The predicted octanol–water partition coefficient (Wildman–Crippen LogP) is 2.62. The van der Waals surface area contributed by atoms with Crippen LogP contribution >= 0.6 is 0 Å². The Morgan fingerprint density at radius 1 is 1.19 bits per heavy atom. The molecule has 2 rings (SSSR count). The van der Waals surface area contributed by atoms with Crippen molar-refractivity contribution >= 4 is 11.8 Å². The fourth-order valence-electron chi connectivity index (χ4n) is 2.50. The van der Waals surface area contributed by atoms with Crippen LogP contribution in [0, 0.1) is 24.7 Å². The molecule has 2 aromatic heterocycles. The number of methoxy groups -OCH3 is 1. The first-order valence-electron chi connectivity index (χ1n) is 8.15. The van der Waals surface area contributed by atoms with Gasteiger partial charge in [-0.25, -0.2) is 4.98 Å². The first kappa shape index (κ1) is 19.4. The molecule has 0 atom stereocenters. The van der Waals surface area contributed by atoms with E-state index in [1.54, 1.807) is 26.2 Å². The third kappa shape index (κ3) is 4.17. The van der Waals surface area contributed by atoms with E-state index in [-0.39, 0.29) is 18.4 Å². The van der Waals surface area contributed by atoms with Crippen molar-refractivity contribution in [3.8, 4) is 17.0 Å². The number of nitrogens with one attached hydrogen (secondary N) is 1. The van der Waals surface area contributed by atoms with Crippen LogP contribution in [0.2, 0.25) is 0 Å². The number of carbonyl (C=O) groups excluding carboxylic acids is 1. The molecule has 0 aromatic carbocycles. The highest BCUT2D eigenvalue weighted by Crippen LogP contribution is 2.27. The predicted molar refractivity (Wildman–Crippen MR) is 99.3 cm³/mol. The molecular weight excluding hydrogens is 332 g/mol. The molecular formula is C19H24N4O3. The van der Waals surface area contributed by atoms with E-state index >= 15 is 0 Å². The van der Waals surface area contributed by atoms with E-state index in [9.17, 15) is 4.79 Å². The number of aromatic nitrogens is 2. The molecule has 26 heavy (non-hydrogen) atoms. The number of ether oxygens (including phenoxy) is 2.